The van der Waals surface area contributed by atoms with Crippen LogP contribution in [0.25, 0.3) is 0 Å². The number of amides is 3. The number of imide groups is 1. The molecule has 1 aromatic carbocycles. The van der Waals surface area contributed by atoms with Crippen LogP contribution in [0.4, 0.5) is 4.79 Å². The minimum absolute atomic E-state index is 0.250. The van der Waals surface area contributed by atoms with E-state index in [1.807, 2.05) is 5.32 Å². The average Bonchev–Trinajstić information content (AvgIpc) is 2.30. The first kappa shape index (κ1) is 14.2. The van der Waals surface area contributed by atoms with Gasteiger partial charge in [-0.1, -0.05) is 15.9 Å². The van der Waals surface area contributed by atoms with Crippen molar-refractivity contribution in [2.45, 2.75) is 13.0 Å². The Bertz CT molecular complexity index is 490. The number of carbonyl (C=O) groups excluding carboxylic acids is 3. The molecule has 3 N–H and O–H groups in total. The van der Waals surface area contributed by atoms with Crippen LogP contribution in [0.2, 0.25) is 0 Å². The second kappa shape index (κ2) is 6.15. The molecular formula is C11H11BrN2O4. The Hall–Kier alpha value is -1.89. The van der Waals surface area contributed by atoms with Gasteiger partial charge in [0.2, 0.25) is 0 Å². The van der Waals surface area contributed by atoms with E-state index >= 15 is 0 Å². The topological polar surface area (TPSA) is 98.5 Å². The van der Waals surface area contributed by atoms with Crippen molar-refractivity contribution in [3.63, 3.8) is 0 Å². The van der Waals surface area contributed by atoms with Crippen LogP contribution in [-0.4, -0.2) is 24.3 Å². The zero-order chi connectivity index (χ0) is 13.7. The van der Waals surface area contributed by atoms with Crippen molar-refractivity contribution >= 4 is 34.2 Å². The van der Waals surface area contributed by atoms with Gasteiger partial charge in [0.15, 0.2) is 12.4 Å². The molecule has 0 aliphatic rings. The molecule has 0 bridgehead atoms. The molecule has 1 atom stereocenters. The molecule has 0 saturated carbocycles. The van der Waals surface area contributed by atoms with E-state index in [1.165, 1.54) is 6.92 Å². The van der Waals surface area contributed by atoms with Gasteiger partial charge < -0.3 is 10.5 Å². The van der Waals surface area contributed by atoms with E-state index in [4.69, 9.17) is 10.5 Å². The summed E-state index contributed by atoms with van der Waals surface area (Å²) in [6, 6.07) is 3.81. The fourth-order valence-corrected chi connectivity index (χ4v) is 1.56. The summed E-state index contributed by atoms with van der Waals surface area (Å²) in [5.74, 6) is -0.428. The van der Waals surface area contributed by atoms with Crippen LogP contribution in [0.5, 0.6) is 5.75 Å². The normalized spacial score (nSPS) is 11.4. The maximum atomic E-state index is 11.4. The minimum Gasteiger partial charge on any atom is -0.480 e. The number of hydrogen-bond acceptors (Lipinski definition) is 4. The number of urea groups is 1. The van der Waals surface area contributed by atoms with Gasteiger partial charge in [0.25, 0.3) is 5.91 Å². The highest BCUT2D eigenvalue weighted by atomic mass is 79.9. The van der Waals surface area contributed by atoms with Gasteiger partial charge in [-0.2, -0.15) is 0 Å². The first-order valence-corrected chi connectivity index (χ1v) is 5.75. The van der Waals surface area contributed by atoms with Gasteiger partial charge in [0.1, 0.15) is 5.75 Å². The third-order valence-electron chi connectivity index (χ3n) is 2.02. The molecule has 0 fully saturated rings. The summed E-state index contributed by atoms with van der Waals surface area (Å²) >= 11 is 3.21. The Balaban J connectivity index is 2.81. The van der Waals surface area contributed by atoms with Gasteiger partial charge in [0, 0.05) is 4.47 Å². The predicted molar refractivity (Wildman–Crippen MR) is 67.3 cm³/mol. The fraction of sp³-hybridized carbons (Fsp3) is 0.182. The molecule has 1 aromatic rings. The maximum Gasteiger partial charge on any atom is 0.318 e. The Morgan fingerprint density at radius 3 is 2.72 bits per heavy atom. The number of benzene rings is 1. The second-order valence-corrected chi connectivity index (χ2v) is 4.33. The molecule has 3 amide bonds. The van der Waals surface area contributed by atoms with Crippen LogP contribution in [0, 0.1) is 0 Å². The standard InChI is InChI=1S/C11H11BrN2O4/c1-6(10(16)14-11(13)17)18-9-3-2-8(12)4-7(9)5-15/h2-6H,1H3,(H3,13,14,16,17)/t6-/m0/s1. The number of primary amides is 1. The number of halogens is 1. The van der Waals surface area contributed by atoms with E-state index in [9.17, 15) is 14.4 Å². The Morgan fingerprint density at radius 1 is 1.50 bits per heavy atom. The SMILES string of the molecule is C[C@H](Oc1ccc(Br)cc1C=O)C(=O)NC(N)=O. The number of nitrogens with one attached hydrogen (secondary N) is 1. The highest BCUT2D eigenvalue weighted by Gasteiger charge is 2.17. The van der Waals surface area contributed by atoms with Crippen LogP contribution in [-0.2, 0) is 4.79 Å². The van der Waals surface area contributed by atoms with E-state index < -0.39 is 18.0 Å². The first-order chi connectivity index (χ1) is 8.43. The molecule has 0 aliphatic carbocycles. The molecule has 1 rings (SSSR count). The molecule has 0 saturated heterocycles. The van der Waals surface area contributed by atoms with Gasteiger partial charge in [-0.05, 0) is 25.1 Å². The summed E-state index contributed by atoms with van der Waals surface area (Å²) in [6.45, 7) is 1.44. The quantitative estimate of drug-likeness (QED) is 0.816. The van der Waals surface area contributed by atoms with Gasteiger partial charge >= 0.3 is 6.03 Å². The third kappa shape index (κ3) is 3.85. The Labute approximate surface area is 112 Å². The van der Waals surface area contributed by atoms with Crippen molar-refractivity contribution in [3.8, 4) is 5.75 Å². The van der Waals surface area contributed by atoms with Gasteiger partial charge in [-0.15, -0.1) is 0 Å². The van der Waals surface area contributed by atoms with Gasteiger partial charge in [0.05, 0.1) is 5.56 Å². The van der Waals surface area contributed by atoms with Gasteiger partial charge in [-0.25, -0.2) is 4.79 Å². The molecule has 0 spiro atoms. The van der Waals surface area contributed by atoms with Crippen LogP contribution in [0.3, 0.4) is 0 Å². The van der Waals surface area contributed by atoms with Crippen LogP contribution < -0.4 is 15.8 Å². The van der Waals surface area contributed by atoms with E-state index in [1.54, 1.807) is 18.2 Å². The number of nitrogens with two attached hydrogens (primary N) is 1. The monoisotopic (exact) mass is 314 g/mol. The molecule has 7 heteroatoms. The Morgan fingerprint density at radius 2 is 2.17 bits per heavy atom. The molecular weight excluding hydrogens is 304 g/mol. The Kier molecular flexibility index (Phi) is 4.85. The largest absolute Gasteiger partial charge is 0.480 e. The summed E-state index contributed by atoms with van der Waals surface area (Å²) in [4.78, 5) is 32.7. The lowest BCUT2D eigenvalue weighted by Crippen LogP contribution is -2.42. The summed E-state index contributed by atoms with van der Waals surface area (Å²) in [7, 11) is 0. The highest BCUT2D eigenvalue weighted by Crippen LogP contribution is 2.22. The molecule has 96 valence electrons. The molecule has 0 heterocycles. The number of ether oxygens (including phenoxy) is 1. The van der Waals surface area contributed by atoms with Crippen LogP contribution >= 0.6 is 15.9 Å². The third-order valence-corrected chi connectivity index (χ3v) is 2.51. The lowest BCUT2D eigenvalue weighted by molar-refractivity contribution is -0.126. The van der Waals surface area contributed by atoms with Crippen LogP contribution in [0.1, 0.15) is 17.3 Å². The molecule has 18 heavy (non-hydrogen) atoms. The van der Waals surface area contributed by atoms with E-state index in [2.05, 4.69) is 15.9 Å². The first-order valence-electron chi connectivity index (χ1n) is 4.95. The number of aldehydes is 1. The highest BCUT2D eigenvalue weighted by molar-refractivity contribution is 9.10. The summed E-state index contributed by atoms with van der Waals surface area (Å²) in [5, 5.41) is 1.89. The predicted octanol–water partition coefficient (Wildman–Crippen LogP) is 1.22. The molecule has 0 aliphatic heterocycles. The average molecular weight is 315 g/mol. The molecule has 0 radical (unpaired) electrons. The van der Waals surface area contributed by atoms with Crippen molar-refractivity contribution in [2.24, 2.45) is 5.73 Å². The zero-order valence-corrected chi connectivity index (χ0v) is 11.1. The van der Waals surface area contributed by atoms with E-state index in [-0.39, 0.29) is 5.75 Å². The molecule has 6 nitrogen and oxygen atoms in total. The fourth-order valence-electron chi connectivity index (χ4n) is 1.19. The van der Waals surface area contributed by atoms with Crippen molar-refractivity contribution in [1.82, 2.24) is 5.32 Å². The minimum atomic E-state index is -0.957. The van der Waals surface area contributed by atoms with Crippen molar-refractivity contribution in [2.75, 3.05) is 0 Å². The van der Waals surface area contributed by atoms with Crippen molar-refractivity contribution < 1.29 is 19.1 Å². The molecule has 0 unspecified atom stereocenters. The number of rotatable bonds is 4. The van der Waals surface area contributed by atoms with Crippen molar-refractivity contribution in [1.29, 1.82) is 0 Å². The maximum absolute atomic E-state index is 11.4. The number of hydrogen-bond donors (Lipinski definition) is 2. The van der Waals surface area contributed by atoms with Crippen LogP contribution in [0.15, 0.2) is 22.7 Å². The van der Waals surface area contributed by atoms with E-state index in [0.717, 1.165) is 0 Å². The smallest absolute Gasteiger partial charge is 0.318 e. The number of carbonyl (C=O) groups is 3. The van der Waals surface area contributed by atoms with Crippen molar-refractivity contribution in [3.05, 3.63) is 28.2 Å². The summed E-state index contributed by atoms with van der Waals surface area (Å²) in [5.41, 5.74) is 5.11. The lowest BCUT2D eigenvalue weighted by atomic mass is 10.2. The van der Waals surface area contributed by atoms with Gasteiger partial charge in [-0.3, -0.25) is 14.9 Å². The van der Waals surface area contributed by atoms with E-state index in [0.29, 0.717) is 16.3 Å². The summed E-state index contributed by atoms with van der Waals surface area (Å²) in [6.07, 6.45) is -0.337. The second-order valence-electron chi connectivity index (χ2n) is 3.41. The molecule has 0 aromatic heterocycles. The summed E-state index contributed by atoms with van der Waals surface area (Å²) < 4.78 is 6.00. The zero-order valence-electron chi connectivity index (χ0n) is 9.48. The lowest BCUT2D eigenvalue weighted by Gasteiger charge is -2.14.